The van der Waals surface area contributed by atoms with Gasteiger partial charge < -0.3 is 24.6 Å². The van der Waals surface area contributed by atoms with Gasteiger partial charge >= 0.3 is 0 Å². The molecule has 0 spiro atoms. The molecule has 0 unspecified atom stereocenters. The molecule has 1 atom stereocenters. The molecule has 2 aliphatic rings. The number of rotatable bonds is 6. The Balaban J connectivity index is 1.65. The largest absolute Gasteiger partial charge is 0.494 e. The van der Waals surface area contributed by atoms with Crippen LogP contribution in [0.4, 0.5) is 0 Å². The van der Waals surface area contributed by atoms with Crippen molar-refractivity contribution in [3.63, 3.8) is 0 Å². The van der Waals surface area contributed by atoms with E-state index in [9.17, 15) is 5.11 Å². The molecule has 0 radical (unpaired) electrons. The highest BCUT2D eigenvalue weighted by molar-refractivity contribution is 5.48. The summed E-state index contributed by atoms with van der Waals surface area (Å²) in [6.07, 6.45) is 2.53. The standard InChI is InChI=1S/C18H27NO4/c1-3-22-16-9-14-8-13(2)23-17(14)10-15(16)11-19-12-18(20)4-6-21-7-5-18/h9-10,13,19-20H,3-8,11-12H2,1-2H3/t13-/m1/s1. The molecule has 0 bridgehead atoms. The van der Waals surface area contributed by atoms with Gasteiger partial charge in [0.05, 0.1) is 12.2 Å². The Labute approximate surface area is 137 Å². The number of nitrogens with one attached hydrogen (secondary N) is 1. The minimum Gasteiger partial charge on any atom is -0.494 e. The lowest BCUT2D eigenvalue weighted by Crippen LogP contribution is -2.44. The Morgan fingerprint density at radius 2 is 2.13 bits per heavy atom. The number of hydrogen-bond acceptors (Lipinski definition) is 5. The normalized spacial score (nSPS) is 22.5. The van der Waals surface area contributed by atoms with E-state index in [1.165, 1.54) is 5.56 Å². The lowest BCUT2D eigenvalue weighted by atomic mass is 9.94. The molecule has 1 fully saturated rings. The fraction of sp³-hybridized carbons (Fsp3) is 0.667. The first-order valence-corrected chi connectivity index (χ1v) is 8.56. The highest BCUT2D eigenvalue weighted by Crippen LogP contribution is 2.35. The Bertz CT molecular complexity index is 540. The summed E-state index contributed by atoms with van der Waals surface area (Å²) in [5.41, 5.74) is 1.63. The van der Waals surface area contributed by atoms with Crippen LogP contribution in [0, 0.1) is 0 Å². The van der Waals surface area contributed by atoms with E-state index in [2.05, 4.69) is 24.4 Å². The monoisotopic (exact) mass is 321 g/mol. The summed E-state index contributed by atoms with van der Waals surface area (Å²) < 4.78 is 17.0. The molecule has 23 heavy (non-hydrogen) atoms. The van der Waals surface area contributed by atoms with E-state index in [4.69, 9.17) is 14.2 Å². The van der Waals surface area contributed by atoms with Crippen LogP contribution in [0.15, 0.2) is 12.1 Å². The first kappa shape index (κ1) is 16.6. The Morgan fingerprint density at radius 1 is 1.35 bits per heavy atom. The van der Waals surface area contributed by atoms with E-state index in [0.29, 0.717) is 45.8 Å². The van der Waals surface area contributed by atoms with Gasteiger partial charge in [-0.2, -0.15) is 0 Å². The van der Waals surface area contributed by atoms with Crippen LogP contribution in [0.2, 0.25) is 0 Å². The zero-order valence-electron chi connectivity index (χ0n) is 14.1. The maximum Gasteiger partial charge on any atom is 0.124 e. The molecular formula is C18H27NO4. The molecule has 128 valence electrons. The van der Waals surface area contributed by atoms with Crippen LogP contribution in [0.25, 0.3) is 0 Å². The number of benzene rings is 1. The fourth-order valence-corrected chi connectivity index (χ4v) is 3.27. The highest BCUT2D eigenvalue weighted by atomic mass is 16.5. The van der Waals surface area contributed by atoms with Crippen molar-refractivity contribution in [3.05, 3.63) is 23.3 Å². The summed E-state index contributed by atoms with van der Waals surface area (Å²) >= 11 is 0. The van der Waals surface area contributed by atoms with Crippen molar-refractivity contribution in [1.82, 2.24) is 5.32 Å². The molecule has 2 N–H and O–H groups in total. The van der Waals surface area contributed by atoms with Crippen molar-refractivity contribution in [2.45, 2.75) is 51.4 Å². The molecule has 3 rings (SSSR count). The van der Waals surface area contributed by atoms with Crippen molar-refractivity contribution in [2.75, 3.05) is 26.4 Å². The quantitative estimate of drug-likeness (QED) is 0.840. The molecule has 5 nitrogen and oxygen atoms in total. The predicted octanol–water partition coefficient (Wildman–Crippen LogP) is 2.04. The van der Waals surface area contributed by atoms with Gasteiger partial charge in [-0.15, -0.1) is 0 Å². The summed E-state index contributed by atoms with van der Waals surface area (Å²) in [7, 11) is 0. The zero-order valence-corrected chi connectivity index (χ0v) is 14.1. The molecule has 2 heterocycles. The van der Waals surface area contributed by atoms with E-state index in [-0.39, 0.29) is 6.10 Å². The van der Waals surface area contributed by atoms with E-state index >= 15 is 0 Å². The molecular weight excluding hydrogens is 294 g/mol. The molecule has 0 aromatic heterocycles. The van der Waals surface area contributed by atoms with Crippen molar-refractivity contribution >= 4 is 0 Å². The summed E-state index contributed by atoms with van der Waals surface area (Å²) in [5.74, 6) is 1.87. The van der Waals surface area contributed by atoms with Crippen LogP contribution in [0.5, 0.6) is 11.5 Å². The first-order chi connectivity index (χ1) is 11.1. The van der Waals surface area contributed by atoms with Gasteiger partial charge in [0, 0.05) is 56.7 Å². The Kier molecular flexibility index (Phi) is 5.09. The molecule has 0 amide bonds. The van der Waals surface area contributed by atoms with Crippen molar-refractivity contribution in [3.8, 4) is 11.5 Å². The number of fused-ring (bicyclic) bond motifs is 1. The van der Waals surface area contributed by atoms with Crippen molar-refractivity contribution < 1.29 is 19.3 Å². The molecule has 1 saturated heterocycles. The van der Waals surface area contributed by atoms with E-state index in [0.717, 1.165) is 23.5 Å². The van der Waals surface area contributed by atoms with E-state index in [1.807, 2.05) is 6.92 Å². The van der Waals surface area contributed by atoms with Crippen molar-refractivity contribution in [2.24, 2.45) is 0 Å². The lowest BCUT2D eigenvalue weighted by Gasteiger charge is -2.32. The summed E-state index contributed by atoms with van der Waals surface area (Å²) in [6, 6.07) is 4.17. The lowest BCUT2D eigenvalue weighted by molar-refractivity contribution is -0.0617. The third-order valence-corrected chi connectivity index (χ3v) is 4.57. The summed E-state index contributed by atoms with van der Waals surface area (Å²) in [6.45, 7) is 7.20. The molecule has 5 heteroatoms. The fourth-order valence-electron chi connectivity index (χ4n) is 3.27. The van der Waals surface area contributed by atoms with E-state index in [1.54, 1.807) is 0 Å². The first-order valence-electron chi connectivity index (χ1n) is 8.56. The van der Waals surface area contributed by atoms with Gasteiger partial charge in [-0.05, 0) is 26.0 Å². The van der Waals surface area contributed by atoms with Gasteiger partial charge in [-0.3, -0.25) is 0 Å². The van der Waals surface area contributed by atoms with Crippen LogP contribution < -0.4 is 14.8 Å². The highest BCUT2D eigenvalue weighted by Gasteiger charge is 2.29. The van der Waals surface area contributed by atoms with Crippen LogP contribution in [0.1, 0.15) is 37.8 Å². The molecule has 1 aromatic rings. The SMILES string of the molecule is CCOc1cc2c(cc1CNCC1(O)CCOCC1)O[C@H](C)C2. The van der Waals surface area contributed by atoms with E-state index < -0.39 is 5.60 Å². The van der Waals surface area contributed by atoms with Gasteiger partial charge in [0.25, 0.3) is 0 Å². The molecule has 1 aromatic carbocycles. The van der Waals surface area contributed by atoms with Gasteiger partial charge in [0.1, 0.15) is 17.6 Å². The molecule has 2 aliphatic heterocycles. The zero-order chi connectivity index (χ0) is 16.3. The number of ether oxygens (including phenoxy) is 3. The maximum atomic E-state index is 10.5. The Morgan fingerprint density at radius 3 is 2.87 bits per heavy atom. The maximum absolute atomic E-state index is 10.5. The minimum atomic E-state index is -0.661. The third-order valence-electron chi connectivity index (χ3n) is 4.57. The summed E-state index contributed by atoms with van der Waals surface area (Å²) in [4.78, 5) is 0. The van der Waals surface area contributed by atoms with Crippen LogP contribution in [-0.4, -0.2) is 43.2 Å². The smallest absolute Gasteiger partial charge is 0.124 e. The minimum absolute atomic E-state index is 0.227. The average molecular weight is 321 g/mol. The summed E-state index contributed by atoms with van der Waals surface area (Å²) in [5, 5.41) is 13.9. The topological polar surface area (TPSA) is 60.0 Å². The second-order valence-electron chi connectivity index (χ2n) is 6.57. The molecule has 0 aliphatic carbocycles. The number of hydrogen-bond donors (Lipinski definition) is 2. The van der Waals surface area contributed by atoms with Crippen LogP contribution >= 0.6 is 0 Å². The second-order valence-corrected chi connectivity index (χ2v) is 6.57. The van der Waals surface area contributed by atoms with Crippen molar-refractivity contribution in [1.29, 1.82) is 0 Å². The van der Waals surface area contributed by atoms with Crippen LogP contribution in [-0.2, 0) is 17.7 Å². The van der Waals surface area contributed by atoms with Gasteiger partial charge in [-0.25, -0.2) is 0 Å². The predicted molar refractivity (Wildman–Crippen MR) is 88.1 cm³/mol. The average Bonchev–Trinajstić information content (AvgIpc) is 2.87. The van der Waals surface area contributed by atoms with Gasteiger partial charge in [0.15, 0.2) is 0 Å². The Hall–Kier alpha value is -1.30. The molecule has 0 saturated carbocycles. The second kappa shape index (κ2) is 7.07. The third kappa shape index (κ3) is 3.97. The van der Waals surface area contributed by atoms with Gasteiger partial charge in [0.2, 0.25) is 0 Å². The van der Waals surface area contributed by atoms with Crippen LogP contribution in [0.3, 0.4) is 0 Å². The van der Waals surface area contributed by atoms with Gasteiger partial charge in [-0.1, -0.05) is 0 Å². The number of aliphatic hydroxyl groups is 1.